The molecule has 94 valence electrons. The second-order valence-corrected chi connectivity index (χ2v) is 5.34. The van der Waals surface area contributed by atoms with Crippen molar-refractivity contribution < 1.29 is 0 Å². The fraction of sp³-hybridized carbons (Fsp3) is 0.400. The summed E-state index contributed by atoms with van der Waals surface area (Å²) in [5, 5.41) is 0. The summed E-state index contributed by atoms with van der Waals surface area (Å²) >= 11 is 1.73. The third-order valence-corrected chi connectivity index (χ3v) is 2.83. The second kappa shape index (κ2) is 10.2. The van der Waals surface area contributed by atoms with Crippen LogP contribution in [0.3, 0.4) is 0 Å². The standard InChI is InChI=1S/C15H23NS/c1-6-7-10-15(12-13(2)3)17-14(4)9-8-11-16-5/h6-11,13H,4,12H2,1-3,5H3/b7-6-,9-8-,15-10+,16-11?. The van der Waals surface area contributed by atoms with Crippen LogP contribution in [0.4, 0.5) is 0 Å². The SMILES string of the molecule is C=C(/C=C\C=NC)S/C(=C/C=C\C)CC(C)C. The quantitative estimate of drug-likeness (QED) is 0.457. The summed E-state index contributed by atoms with van der Waals surface area (Å²) in [6, 6.07) is 0. The van der Waals surface area contributed by atoms with E-state index in [1.165, 1.54) is 4.91 Å². The average Bonchev–Trinajstić information content (AvgIpc) is 2.25. The summed E-state index contributed by atoms with van der Waals surface area (Å²) in [4.78, 5) is 6.29. The first-order chi connectivity index (χ1) is 8.10. The first-order valence-corrected chi connectivity index (χ1v) is 6.69. The van der Waals surface area contributed by atoms with Crippen LogP contribution in [0.1, 0.15) is 27.2 Å². The highest BCUT2D eigenvalue weighted by Crippen LogP contribution is 2.30. The van der Waals surface area contributed by atoms with Crippen molar-refractivity contribution in [2.45, 2.75) is 27.2 Å². The van der Waals surface area contributed by atoms with Gasteiger partial charge in [-0.25, -0.2) is 0 Å². The Morgan fingerprint density at radius 2 is 2.06 bits per heavy atom. The van der Waals surface area contributed by atoms with E-state index in [4.69, 9.17) is 0 Å². The van der Waals surface area contributed by atoms with Crippen LogP contribution < -0.4 is 0 Å². The molecule has 0 rings (SSSR count). The number of allylic oxidation sites excluding steroid dienone is 6. The van der Waals surface area contributed by atoms with E-state index < -0.39 is 0 Å². The molecule has 0 fully saturated rings. The molecule has 0 unspecified atom stereocenters. The molecule has 0 aliphatic carbocycles. The van der Waals surface area contributed by atoms with Gasteiger partial charge in [0.1, 0.15) is 0 Å². The molecule has 0 amide bonds. The van der Waals surface area contributed by atoms with Gasteiger partial charge in [0.15, 0.2) is 0 Å². The van der Waals surface area contributed by atoms with Crippen molar-refractivity contribution in [3.63, 3.8) is 0 Å². The number of hydrogen-bond acceptors (Lipinski definition) is 2. The van der Waals surface area contributed by atoms with Crippen molar-refractivity contribution in [1.82, 2.24) is 0 Å². The van der Waals surface area contributed by atoms with E-state index in [2.05, 4.69) is 37.6 Å². The van der Waals surface area contributed by atoms with E-state index >= 15 is 0 Å². The molecule has 0 bridgehead atoms. The fourth-order valence-electron chi connectivity index (χ4n) is 1.19. The van der Waals surface area contributed by atoms with Crippen LogP contribution in [0.5, 0.6) is 0 Å². The van der Waals surface area contributed by atoms with Crippen LogP contribution in [0.25, 0.3) is 0 Å². The highest BCUT2D eigenvalue weighted by atomic mass is 32.2. The largest absolute Gasteiger partial charge is 0.297 e. The van der Waals surface area contributed by atoms with Crippen LogP contribution in [0, 0.1) is 5.92 Å². The van der Waals surface area contributed by atoms with E-state index in [0.717, 1.165) is 11.3 Å². The topological polar surface area (TPSA) is 12.4 Å². The molecule has 0 aromatic carbocycles. The van der Waals surface area contributed by atoms with Crippen LogP contribution in [0.2, 0.25) is 0 Å². The Kier molecular flexibility index (Phi) is 9.55. The van der Waals surface area contributed by atoms with E-state index in [1.54, 1.807) is 25.0 Å². The lowest BCUT2D eigenvalue weighted by Crippen LogP contribution is -1.88. The number of rotatable bonds is 7. The molecule has 0 spiro atoms. The van der Waals surface area contributed by atoms with Gasteiger partial charge in [0.05, 0.1) is 0 Å². The molecule has 0 N–H and O–H groups in total. The summed E-state index contributed by atoms with van der Waals surface area (Å²) < 4.78 is 0. The second-order valence-electron chi connectivity index (χ2n) is 4.09. The predicted octanol–water partition coefficient (Wildman–Crippen LogP) is 5.00. The summed E-state index contributed by atoms with van der Waals surface area (Å²) in [6.45, 7) is 10.5. The van der Waals surface area contributed by atoms with Gasteiger partial charge in [-0.3, -0.25) is 4.99 Å². The van der Waals surface area contributed by atoms with E-state index in [1.807, 2.05) is 25.2 Å². The van der Waals surface area contributed by atoms with Crippen LogP contribution in [-0.2, 0) is 0 Å². The number of aliphatic imine (C=N–C) groups is 1. The smallest absolute Gasteiger partial charge is 0.0277 e. The molecule has 0 radical (unpaired) electrons. The summed E-state index contributed by atoms with van der Waals surface area (Å²) in [6.07, 6.45) is 13.0. The molecule has 17 heavy (non-hydrogen) atoms. The van der Waals surface area contributed by atoms with Gasteiger partial charge in [-0.1, -0.05) is 50.4 Å². The van der Waals surface area contributed by atoms with Gasteiger partial charge in [0.2, 0.25) is 0 Å². The lowest BCUT2D eigenvalue weighted by molar-refractivity contribution is 0.659. The Morgan fingerprint density at radius 3 is 2.59 bits per heavy atom. The average molecular weight is 249 g/mol. The molecule has 0 saturated carbocycles. The minimum Gasteiger partial charge on any atom is -0.297 e. The highest BCUT2D eigenvalue weighted by molar-refractivity contribution is 8.06. The van der Waals surface area contributed by atoms with E-state index in [0.29, 0.717) is 5.92 Å². The summed E-state index contributed by atoms with van der Waals surface area (Å²) in [7, 11) is 1.76. The molecule has 0 aromatic heterocycles. The Morgan fingerprint density at radius 1 is 1.35 bits per heavy atom. The van der Waals surface area contributed by atoms with Crippen LogP contribution in [0.15, 0.2) is 51.8 Å². The minimum atomic E-state index is 0.660. The summed E-state index contributed by atoms with van der Waals surface area (Å²) in [5.74, 6) is 0.660. The number of hydrogen-bond donors (Lipinski definition) is 0. The van der Waals surface area contributed by atoms with Gasteiger partial charge in [-0.15, -0.1) is 0 Å². The Balaban J connectivity index is 4.47. The highest BCUT2D eigenvalue weighted by Gasteiger charge is 2.02. The van der Waals surface area contributed by atoms with Gasteiger partial charge in [-0.2, -0.15) is 0 Å². The lowest BCUT2D eigenvalue weighted by Gasteiger charge is -2.09. The third kappa shape index (κ3) is 9.88. The van der Waals surface area contributed by atoms with Gasteiger partial charge in [0, 0.05) is 18.2 Å². The molecule has 0 atom stereocenters. The zero-order valence-electron chi connectivity index (χ0n) is 11.3. The molecule has 2 heteroatoms. The molecule has 0 saturated heterocycles. The minimum absolute atomic E-state index is 0.660. The maximum Gasteiger partial charge on any atom is 0.0277 e. The Hall–Kier alpha value is -1.02. The van der Waals surface area contributed by atoms with Gasteiger partial charge >= 0.3 is 0 Å². The van der Waals surface area contributed by atoms with Crippen LogP contribution >= 0.6 is 11.8 Å². The Bertz CT molecular complexity index is 333. The van der Waals surface area contributed by atoms with Crippen molar-refractivity contribution in [2.24, 2.45) is 10.9 Å². The molecule has 0 aliphatic rings. The third-order valence-electron chi connectivity index (χ3n) is 1.86. The van der Waals surface area contributed by atoms with Crippen molar-refractivity contribution in [1.29, 1.82) is 0 Å². The summed E-state index contributed by atoms with van der Waals surface area (Å²) in [5.41, 5.74) is 0. The molecule has 0 aromatic rings. The zero-order chi connectivity index (χ0) is 13.1. The predicted molar refractivity (Wildman–Crippen MR) is 82.6 cm³/mol. The van der Waals surface area contributed by atoms with E-state index in [9.17, 15) is 0 Å². The maximum absolute atomic E-state index is 4.03. The number of nitrogens with zero attached hydrogens (tertiary/aromatic N) is 1. The molecular weight excluding hydrogens is 226 g/mol. The molecule has 0 aliphatic heterocycles. The number of thioether (sulfide) groups is 1. The first-order valence-electron chi connectivity index (χ1n) is 5.87. The lowest BCUT2D eigenvalue weighted by atomic mass is 10.1. The van der Waals surface area contributed by atoms with Crippen LogP contribution in [-0.4, -0.2) is 13.3 Å². The normalized spacial score (nSPS) is 13.6. The van der Waals surface area contributed by atoms with Gasteiger partial charge in [0.25, 0.3) is 0 Å². The van der Waals surface area contributed by atoms with Crippen molar-refractivity contribution in [3.05, 3.63) is 46.8 Å². The van der Waals surface area contributed by atoms with Gasteiger partial charge in [-0.05, 0) is 36.3 Å². The fourth-order valence-corrected chi connectivity index (χ4v) is 2.24. The molecule has 0 heterocycles. The molecular formula is C15H23NS. The monoisotopic (exact) mass is 249 g/mol. The van der Waals surface area contributed by atoms with Gasteiger partial charge < -0.3 is 0 Å². The zero-order valence-corrected chi connectivity index (χ0v) is 12.1. The van der Waals surface area contributed by atoms with Crippen molar-refractivity contribution in [3.8, 4) is 0 Å². The van der Waals surface area contributed by atoms with E-state index in [-0.39, 0.29) is 0 Å². The van der Waals surface area contributed by atoms with Crippen molar-refractivity contribution >= 4 is 18.0 Å². The maximum atomic E-state index is 4.03. The first kappa shape index (κ1) is 16.0. The van der Waals surface area contributed by atoms with Crippen molar-refractivity contribution in [2.75, 3.05) is 7.05 Å². The molecule has 1 nitrogen and oxygen atoms in total. The Labute approximate surface area is 110 Å².